The minimum atomic E-state index is -0.629. The summed E-state index contributed by atoms with van der Waals surface area (Å²) in [5.74, 6) is -0.477. The Labute approximate surface area is 65.4 Å². The molecule has 0 aromatic carbocycles. The van der Waals surface area contributed by atoms with Gasteiger partial charge in [-0.3, -0.25) is 5.41 Å². The van der Waals surface area contributed by atoms with E-state index in [0.717, 1.165) is 6.42 Å². The van der Waals surface area contributed by atoms with Crippen LogP contribution in [0.5, 0.6) is 0 Å². The summed E-state index contributed by atoms with van der Waals surface area (Å²) in [6.45, 7) is 3.83. The summed E-state index contributed by atoms with van der Waals surface area (Å²) in [6, 6.07) is 0. The Morgan fingerprint density at radius 3 is 2.60 bits per heavy atom. The third-order valence-electron chi connectivity index (χ3n) is 1.28. The monoisotopic (exact) mass is 163 g/mol. The third-order valence-corrected chi connectivity index (χ3v) is 1.47. The second kappa shape index (κ2) is 4.45. The molecule has 0 saturated heterocycles. The fourth-order valence-electron chi connectivity index (χ4n) is 0.441. The average Bonchev–Trinajstić information content (AvgIpc) is 1.87. The molecule has 0 radical (unpaired) electrons. The van der Waals surface area contributed by atoms with Crippen LogP contribution in [-0.4, -0.2) is 5.17 Å². The second-order valence-corrected chi connectivity index (χ2v) is 2.59. The van der Waals surface area contributed by atoms with Gasteiger partial charge in [-0.05, 0) is 18.4 Å². The number of nitrogens with one attached hydrogen (secondary N) is 1. The molecule has 0 rings (SSSR count). The fourth-order valence-corrected chi connectivity index (χ4v) is 0.504. The topological polar surface area (TPSA) is 23.9 Å². The van der Waals surface area contributed by atoms with Crippen LogP contribution in [0.3, 0.4) is 0 Å². The standard InChI is InChI=1S/C7H11ClFN/c1-3-5(2)4-6(9)7(8)10/h4-5,10H,3H2,1-2H3. The normalized spacial score (nSPS) is 15.0. The molecule has 0 aliphatic carbocycles. The van der Waals surface area contributed by atoms with Gasteiger partial charge in [-0.1, -0.05) is 25.4 Å². The Morgan fingerprint density at radius 1 is 1.80 bits per heavy atom. The van der Waals surface area contributed by atoms with E-state index in [1.807, 2.05) is 13.8 Å². The highest BCUT2D eigenvalue weighted by Crippen LogP contribution is 2.10. The first-order chi connectivity index (χ1) is 4.57. The minimum absolute atomic E-state index is 0.152. The van der Waals surface area contributed by atoms with Gasteiger partial charge in [0.15, 0.2) is 11.0 Å². The lowest BCUT2D eigenvalue weighted by molar-refractivity contribution is 0.632. The van der Waals surface area contributed by atoms with Gasteiger partial charge in [0, 0.05) is 0 Å². The Morgan fingerprint density at radius 2 is 2.30 bits per heavy atom. The summed E-state index contributed by atoms with van der Waals surface area (Å²) < 4.78 is 12.5. The van der Waals surface area contributed by atoms with Crippen molar-refractivity contribution in [2.45, 2.75) is 20.3 Å². The summed E-state index contributed by atoms with van der Waals surface area (Å²) in [7, 11) is 0. The molecule has 1 nitrogen and oxygen atoms in total. The molecule has 0 heterocycles. The van der Waals surface area contributed by atoms with E-state index >= 15 is 0 Å². The van der Waals surface area contributed by atoms with Crippen LogP contribution in [0.2, 0.25) is 0 Å². The summed E-state index contributed by atoms with van der Waals surface area (Å²) in [4.78, 5) is 0. The molecule has 0 amide bonds. The van der Waals surface area contributed by atoms with E-state index in [4.69, 9.17) is 17.0 Å². The number of halogens is 2. The third kappa shape index (κ3) is 3.62. The van der Waals surface area contributed by atoms with Crippen molar-refractivity contribution in [3.63, 3.8) is 0 Å². The van der Waals surface area contributed by atoms with E-state index in [1.54, 1.807) is 0 Å². The lowest BCUT2D eigenvalue weighted by atomic mass is 10.1. The van der Waals surface area contributed by atoms with E-state index in [1.165, 1.54) is 6.08 Å². The van der Waals surface area contributed by atoms with Crippen LogP contribution in [-0.2, 0) is 0 Å². The maximum Gasteiger partial charge on any atom is 0.156 e. The van der Waals surface area contributed by atoms with E-state index < -0.39 is 11.0 Å². The first-order valence-electron chi connectivity index (χ1n) is 3.19. The van der Waals surface area contributed by atoms with Crippen LogP contribution in [0.4, 0.5) is 4.39 Å². The Balaban J connectivity index is 4.02. The molecule has 10 heavy (non-hydrogen) atoms. The van der Waals surface area contributed by atoms with Gasteiger partial charge in [-0.15, -0.1) is 0 Å². The Hall–Kier alpha value is -0.370. The quantitative estimate of drug-likeness (QED) is 0.619. The molecule has 3 heteroatoms. The Bertz CT molecular complexity index is 154. The molecule has 1 unspecified atom stereocenters. The summed E-state index contributed by atoms with van der Waals surface area (Å²) in [6.07, 6.45) is 2.22. The van der Waals surface area contributed by atoms with Crippen molar-refractivity contribution in [1.29, 1.82) is 5.41 Å². The number of hydrogen-bond donors (Lipinski definition) is 1. The number of hydrogen-bond acceptors (Lipinski definition) is 1. The minimum Gasteiger partial charge on any atom is -0.287 e. The van der Waals surface area contributed by atoms with Crippen LogP contribution in [0, 0.1) is 11.3 Å². The van der Waals surface area contributed by atoms with Crippen molar-refractivity contribution in [2.24, 2.45) is 5.92 Å². The van der Waals surface area contributed by atoms with Crippen LogP contribution < -0.4 is 0 Å². The SMILES string of the molecule is CCC(C)C=C(F)C(=N)Cl. The number of rotatable bonds is 3. The maximum absolute atomic E-state index is 12.5. The van der Waals surface area contributed by atoms with Gasteiger partial charge >= 0.3 is 0 Å². The highest BCUT2D eigenvalue weighted by molar-refractivity contribution is 6.68. The van der Waals surface area contributed by atoms with Gasteiger partial charge in [-0.25, -0.2) is 4.39 Å². The molecule has 0 bridgehead atoms. The van der Waals surface area contributed by atoms with Crippen molar-refractivity contribution >= 4 is 16.8 Å². The summed E-state index contributed by atoms with van der Waals surface area (Å²) in [5, 5.41) is 6.18. The van der Waals surface area contributed by atoms with Gasteiger partial charge in [0.05, 0.1) is 0 Å². The van der Waals surface area contributed by atoms with Gasteiger partial charge in [0.1, 0.15) is 0 Å². The fraction of sp³-hybridized carbons (Fsp3) is 0.571. The van der Waals surface area contributed by atoms with Crippen LogP contribution in [0.25, 0.3) is 0 Å². The summed E-state index contributed by atoms with van der Waals surface area (Å²) in [5.41, 5.74) is 0. The van der Waals surface area contributed by atoms with Crippen molar-refractivity contribution in [1.82, 2.24) is 0 Å². The van der Waals surface area contributed by atoms with Crippen molar-refractivity contribution in [2.75, 3.05) is 0 Å². The van der Waals surface area contributed by atoms with Crippen LogP contribution in [0.1, 0.15) is 20.3 Å². The zero-order chi connectivity index (χ0) is 8.15. The van der Waals surface area contributed by atoms with E-state index in [-0.39, 0.29) is 5.92 Å². The highest BCUT2D eigenvalue weighted by Gasteiger charge is 2.01. The van der Waals surface area contributed by atoms with Crippen molar-refractivity contribution in [3.8, 4) is 0 Å². The smallest absolute Gasteiger partial charge is 0.156 e. The molecule has 0 spiro atoms. The van der Waals surface area contributed by atoms with E-state index in [0.29, 0.717) is 0 Å². The zero-order valence-electron chi connectivity index (χ0n) is 6.12. The number of allylic oxidation sites excluding steroid dienone is 2. The molecule has 58 valence electrons. The van der Waals surface area contributed by atoms with Crippen molar-refractivity contribution < 1.29 is 4.39 Å². The maximum atomic E-state index is 12.5. The first kappa shape index (κ1) is 9.63. The molecule has 0 aliphatic heterocycles. The highest BCUT2D eigenvalue weighted by atomic mass is 35.5. The Kier molecular flexibility index (Phi) is 4.28. The molecule has 0 fully saturated rings. The first-order valence-corrected chi connectivity index (χ1v) is 3.57. The van der Waals surface area contributed by atoms with Gasteiger partial charge in [-0.2, -0.15) is 0 Å². The van der Waals surface area contributed by atoms with E-state index in [9.17, 15) is 4.39 Å². The average molecular weight is 164 g/mol. The van der Waals surface area contributed by atoms with Crippen LogP contribution in [0.15, 0.2) is 11.9 Å². The van der Waals surface area contributed by atoms with Crippen LogP contribution >= 0.6 is 11.6 Å². The van der Waals surface area contributed by atoms with Gasteiger partial charge < -0.3 is 0 Å². The predicted molar refractivity (Wildman–Crippen MR) is 42.2 cm³/mol. The largest absolute Gasteiger partial charge is 0.287 e. The molecular formula is C7H11ClFN. The molecular weight excluding hydrogens is 153 g/mol. The molecule has 0 saturated carbocycles. The molecule has 1 atom stereocenters. The molecule has 0 aliphatic rings. The van der Waals surface area contributed by atoms with Gasteiger partial charge in [0.2, 0.25) is 0 Å². The zero-order valence-corrected chi connectivity index (χ0v) is 6.87. The lowest BCUT2D eigenvalue weighted by Crippen LogP contribution is -1.91. The predicted octanol–water partition coefficient (Wildman–Crippen LogP) is 3.10. The lowest BCUT2D eigenvalue weighted by Gasteiger charge is -1.99. The summed E-state index contributed by atoms with van der Waals surface area (Å²) >= 11 is 5.07. The molecule has 0 aromatic heterocycles. The second-order valence-electron chi connectivity index (χ2n) is 2.21. The van der Waals surface area contributed by atoms with Gasteiger partial charge in [0.25, 0.3) is 0 Å². The van der Waals surface area contributed by atoms with Crippen molar-refractivity contribution in [3.05, 3.63) is 11.9 Å². The molecule has 1 N–H and O–H groups in total. The molecule has 0 aromatic rings. The van der Waals surface area contributed by atoms with E-state index in [2.05, 4.69) is 0 Å².